The van der Waals surface area contributed by atoms with Crippen LogP contribution in [-0.4, -0.2) is 53.0 Å². The summed E-state index contributed by atoms with van der Waals surface area (Å²) in [6, 6.07) is 9.90. The van der Waals surface area contributed by atoms with Gasteiger partial charge < -0.3 is 24.3 Å². The molecule has 0 saturated heterocycles. The lowest BCUT2D eigenvalue weighted by Crippen LogP contribution is -2.34. The van der Waals surface area contributed by atoms with E-state index in [9.17, 15) is 9.59 Å². The normalized spacial score (nSPS) is 10.3. The van der Waals surface area contributed by atoms with Gasteiger partial charge in [-0.05, 0) is 36.4 Å². The Morgan fingerprint density at radius 1 is 0.897 bits per heavy atom. The van der Waals surface area contributed by atoms with Crippen molar-refractivity contribution in [3.05, 3.63) is 47.5 Å². The maximum Gasteiger partial charge on any atom is 0.259 e. The van der Waals surface area contributed by atoms with Crippen molar-refractivity contribution in [3.8, 4) is 23.0 Å². The molecule has 0 saturated carbocycles. The number of rotatable bonds is 9. The van der Waals surface area contributed by atoms with E-state index >= 15 is 0 Å². The molecule has 0 aliphatic carbocycles. The molecule has 0 bridgehead atoms. The molecular weight excluding hydrogens is 378 g/mol. The average molecular weight is 401 g/mol. The molecule has 0 aliphatic heterocycles. The van der Waals surface area contributed by atoms with E-state index in [4.69, 9.17) is 18.9 Å². The first kappa shape index (κ1) is 21.5. The highest BCUT2D eigenvalue weighted by molar-refractivity contribution is 5.97. The lowest BCUT2D eigenvalue weighted by Gasteiger charge is -2.09. The number of amides is 2. The highest BCUT2D eigenvalue weighted by Crippen LogP contribution is 2.27. The van der Waals surface area contributed by atoms with Gasteiger partial charge in [0.05, 0.1) is 41.2 Å². The molecule has 9 nitrogen and oxygen atoms in total. The number of ether oxygens (including phenoxy) is 4. The molecule has 2 aromatic carbocycles. The first-order valence-electron chi connectivity index (χ1n) is 8.56. The molecule has 0 aromatic heterocycles. The number of benzene rings is 2. The van der Waals surface area contributed by atoms with Crippen LogP contribution in [0.4, 0.5) is 0 Å². The zero-order valence-corrected chi connectivity index (χ0v) is 16.6. The van der Waals surface area contributed by atoms with E-state index in [1.165, 1.54) is 33.6 Å². The number of carbonyl (C=O) groups excluding carboxylic acids is 2. The Kier molecular flexibility index (Phi) is 7.84. The van der Waals surface area contributed by atoms with E-state index in [2.05, 4.69) is 15.8 Å². The van der Waals surface area contributed by atoms with Crippen LogP contribution in [0.15, 0.2) is 41.5 Å². The van der Waals surface area contributed by atoms with Gasteiger partial charge in [-0.25, -0.2) is 5.43 Å². The number of hydrogen-bond acceptors (Lipinski definition) is 7. The Labute approximate surface area is 168 Å². The lowest BCUT2D eigenvalue weighted by atomic mass is 10.2. The van der Waals surface area contributed by atoms with E-state index in [1.54, 1.807) is 37.4 Å². The average Bonchev–Trinajstić information content (AvgIpc) is 2.76. The van der Waals surface area contributed by atoms with Crippen LogP contribution >= 0.6 is 0 Å². The fourth-order valence-electron chi connectivity index (χ4n) is 2.39. The maximum atomic E-state index is 12.2. The Morgan fingerprint density at radius 2 is 1.59 bits per heavy atom. The Morgan fingerprint density at radius 3 is 2.24 bits per heavy atom. The number of nitrogens with zero attached hydrogens (tertiary/aromatic N) is 1. The molecule has 0 fully saturated rings. The van der Waals surface area contributed by atoms with Crippen molar-refractivity contribution in [1.29, 1.82) is 0 Å². The van der Waals surface area contributed by atoms with Crippen LogP contribution in [0.1, 0.15) is 15.9 Å². The third-order valence-corrected chi connectivity index (χ3v) is 3.88. The van der Waals surface area contributed by atoms with Gasteiger partial charge in [0, 0.05) is 11.1 Å². The van der Waals surface area contributed by atoms with Crippen molar-refractivity contribution in [2.24, 2.45) is 5.10 Å². The van der Waals surface area contributed by atoms with Gasteiger partial charge >= 0.3 is 0 Å². The van der Waals surface area contributed by atoms with Crippen LogP contribution in [0.2, 0.25) is 0 Å². The molecule has 0 aliphatic rings. The highest BCUT2D eigenvalue weighted by atomic mass is 16.5. The summed E-state index contributed by atoms with van der Waals surface area (Å²) in [5.41, 5.74) is 3.30. The van der Waals surface area contributed by atoms with Crippen LogP contribution in [0.5, 0.6) is 23.0 Å². The van der Waals surface area contributed by atoms with E-state index in [0.29, 0.717) is 34.1 Å². The summed E-state index contributed by atoms with van der Waals surface area (Å²) in [6.07, 6.45) is 1.43. The zero-order chi connectivity index (χ0) is 21.2. The number of carbonyl (C=O) groups is 2. The molecule has 9 heteroatoms. The summed E-state index contributed by atoms with van der Waals surface area (Å²) in [5.74, 6) is 1.20. The van der Waals surface area contributed by atoms with Gasteiger partial charge in [-0.2, -0.15) is 5.10 Å². The van der Waals surface area contributed by atoms with Gasteiger partial charge in [0.2, 0.25) is 0 Å². The third kappa shape index (κ3) is 5.86. The summed E-state index contributed by atoms with van der Waals surface area (Å²) in [4.78, 5) is 24.1. The van der Waals surface area contributed by atoms with E-state index in [0.717, 1.165) is 0 Å². The van der Waals surface area contributed by atoms with Gasteiger partial charge in [-0.1, -0.05) is 0 Å². The molecule has 154 valence electrons. The van der Waals surface area contributed by atoms with E-state index < -0.39 is 11.8 Å². The number of nitrogens with one attached hydrogen (secondary N) is 2. The largest absolute Gasteiger partial charge is 0.497 e. The maximum absolute atomic E-state index is 12.2. The standard InChI is InChI=1S/C20H23N3O6/c1-26-15-6-8-16(27-2)14(9-15)11-22-23-19(24)12-21-20(25)13-5-7-17(28-3)18(10-13)29-4/h5-11H,12H2,1-4H3,(H,21,25)(H,23,24)/b22-11+. The van der Waals surface area contributed by atoms with Crippen LogP contribution in [0.25, 0.3) is 0 Å². The van der Waals surface area contributed by atoms with Gasteiger partial charge in [-0.15, -0.1) is 0 Å². The van der Waals surface area contributed by atoms with Crippen molar-refractivity contribution in [2.75, 3.05) is 35.0 Å². The van der Waals surface area contributed by atoms with Crippen molar-refractivity contribution in [3.63, 3.8) is 0 Å². The monoisotopic (exact) mass is 401 g/mol. The second-order valence-electron chi connectivity index (χ2n) is 5.65. The Hall–Kier alpha value is -3.75. The third-order valence-electron chi connectivity index (χ3n) is 3.88. The minimum atomic E-state index is -0.489. The molecule has 2 aromatic rings. The zero-order valence-electron chi connectivity index (χ0n) is 16.6. The quantitative estimate of drug-likeness (QED) is 0.488. The minimum absolute atomic E-state index is 0.250. The fraction of sp³-hybridized carbons (Fsp3) is 0.250. The molecule has 0 radical (unpaired) electrons. The Bertz CT molecular complexity index is 898. The van der Waals surface area contributed by atoms with Crippen LogP contribution in [0.3, 0.4) is 0 Å². The first-order chi connectivity index (χ1) is 14.0. The summed E-state index contributed by atoms with van der Waals surface area (Å²) in [6.45, 7) is -0.250. The second-order valence-corrected chi connectivity index (χ2v) is 5.65. The predicted octanol–water partition coefficient (Wildman–Crippen LogP) is 1.60. The highest BCUT2D eigenvalue weighted by Gasteiger charge is 2.12. The molecule has 29 heavy (non-hydrogen) atoms. The SMILES string of the molecule is COc1ccc(OC)c(/C=N/NC(=O)CNC(=O)c2ccc(OC)c(OC)c2)c1. The smallest absolute Gasteiger partial charge is 0.259 e. The lowest BCUT2D eigenvalue weighted by molar-refractivity contribution is -0.120. The van der Waals surface area contributed by atoms with Crippen molar-refractivity contribution < 1.29 is 28.5 Å². The summed E-state index contributed by atoms with van der Waals surface area (Å²) in [5, 5.41) is 6.39. The molecule has 0 heterocycles. The molecule has 2 amide bonds. The van der Waals surface area contributed by atoms with Gasteiger partial charge in [-0.3, -0.25) is 9.59 Å². The minimum Gasteiger partial charge on any atom is -0.497 e. The second kappa shape index (κ2) is 10.5. The molecule has 2 N–H and O–H groups in total. The first-order valence-corrected chi connectivity index (χ1v) is 8.56. The molecule has 0 unspecified atom stereocenters. The van der Waals surface area contributed by atoms with Gasteiger partial charge in [0.15, 0.2) is 11.5 Å². The van der Waals surface area contributed by atoms with Gasteiger partial charge in [0.25, 0.3) is 11.8 Å². The number of methoxy groups -OCH3 is 4. The van der Waals surface area contributed by atoms with Crippen LogP contribution in [-0.2, 0) is 4.79 Å². The molecule has 0 spiro atoms. The van der Waals surface area contributed by atoms with E-state index in [-0.39, 0.29) is 6.54 Å². The van der Waals surface area contributed by atoms with Crippen LogP contribution in [0, 0.1) is 0 Å². The van der Waals surface area contributed by atoms with Crippen molar-refractivity contribution in [1.82, 2.24) is 10.7 Å². The van der Waals surface area contributed by atoms with E-state index in [1.807, 2.05) is 0 Å². The fourth-order valence-corrected chi connectivity index (χ4v) is 2.39. The summed E-state index contributed by atoms with van der Waals surface area (Å²) in [7, 11) is 6.05. The number of hydrazone groups is 1. The molecule has 2 rings (SSSR count). The molecular formula is C20H23N3O6. The number of hydrogen-bond donors (Lipinski definition) is 2. The van der Waals surface area contributed by atoms with Gasteiger partial charge in [0.1, 0.15) is 11.5 Å². The van der Waals surface area contributed by atoms with Crippen LogP contribution < -0.4 is 29.7 Å². The van der Waals surface area contributed by atoms with Crippen molar-refractivity contribution in [2.45, 2.75) is 0 Å². The van der Waals surface area contributed by atoms with Crippen molar-refractivity contribution >= 4 is 18.0 Å². The topological polar surface area (TPSA) is 107 Å². The molecule has 0 atom stereocenters. The summed E-state index contributed by atoms with van der Waals surface area (Å²) >= 11 is 0. The summed E-state index contributed by atoms with van der Waals surface area (Å²) < 4.78 is 20.7. The predicted molar refractivity (Wildman–Crippen MR) is 107 cm³/mol. The Balaban J connectivity index is 1.92.